The average molecular weight is 254 g/mol. The molecule has 0 aliphatic carbocycles. The van der Waals surface area contributed by atoms with Gasteiger partial charge in [-0.1, -0.05) is 26.0 Å². The van der Waals surface area contributed by atoms with Crippen LogP contribution in [0.1, 0.15) is 40.5 Å². The Hall–Kier alpha value is -1.03. The lowest BCUT2D eigenvalue weighted by Gasteiger charge is -2.34. The maximum atomic E-state index is 5.33. The molecule has 4 heteroatoms. The molecule has 0 aliphatic heterocycles. The van der Waals surface area contributed by atoms with Crippen LogP contribution in [0.5, 0.6) is 0 Å². The van der Waals surface area contributed by atoms with E-state index in [-0.39, 0.29) is 5.96 Å². The van der Waals surface area contributed by atoms with Crippen molar-refractivity contribution < 1.29 is 0 Å². The Morgan fingerprint density at radius 1 is 1.22 bits per heavy atom. The molecule has 0 heterocycles. The van der Waals surface area contributed by atoms with Crippen LogP contribution < -0.4 is 11.5 Å². The van der Waals surface area contributed by atoms with Gasteiger partial charge in [-0.3, -0.25) is 9.89 Å². The summed E-state index contributed by atoms with van der Waals surface area (Å²) >= 11 is 0. The van der Waals surface area contributed by atoms with Gasteiger partial charge in [-0.15, -0.1) is 0 Å². The molecule has 4 N–H and O–H groups in total. The lowest BCUT2D eigenvalue weighted by atomic mass is 9.92. The maximum Gasteiger partial charge on any atom is 0.185 e. The van der Waals surface area contributed by atoms with E-state index in [0.717, 1.165) is 12.8 Å². The highest BCUT2D eigenvalue weighted by Gasteiger charge is 2.21. The Morgan fingerprint density at radius 2 is 1.78 bits per heavy atom. The summed E-state index contributed by atoms with van der Waals surface area (Å²) in [4.78, 5) is 6.40. The van der Waals surface area contributed by atoms with Crippen molar-refractivity contribution in [2.75, 3.05) is 13.6 Å². The Balaban J connectivity index is 4.49. The maximum absolute atomic E-state index is 5.33. The smallest absolute Gasteiger partial charge is 0.185 e. The van der Waals surface area contributed by atoms with Gasteiger partial charge in [-0.2, -0.15) is 0 Å². The van der Waals surface area contributed by atoms with Crippen molar-refractivity contribution in [3.05, 3.63) is 12.2 Å². The van der Waals surface area contributed by atoms with Crippen LogP contribution in [-0.2, 0) is 0 Å². The monoisotopic (exact) mass is 254 g/mol. The summed E-state index contributed by atoms with van der Waals surface area (Å²) in [5.41, 5.74) is 11.9. The van der Waals surface area contributed by atoms with Crippen LogP contribution in [0.4, 0.5) is 0 Å². The zero-order valence-corrected chi connectivity index (χ0v) is 12.6. The number of likely N-dealkylation sites (N-methyl/N-ethyl adjacent to an activating group) is 1. The Bertz CT molecular complexity index is 278. The molecule has 0 aromatic heterocycles. The van der Waals surface area contributed by atoms with Gasteiger partial charge < -0.3 is 11.5 Å². The summed E-state index contributed by atoms with van der Waals surface area (Å²) in [6.07, 6.45) is 2.02. The molecule has 0 bridgehead atoms. The predicted octanol–water partition coefficient (Wildman–Crippen LogP) is 1.96. The first kappa shape index (κ1) is 17.0. The van der Waals surface area contributed by atoms with Gasteiger partial charge in [0.1, 0.15) is 0 Å². The predicted molar refractivity (Wildman–Crippen MR) is 80.6 cm³/mol. The fourth-order valence-corrected chi connectivity index (χ4v) is 1.89. The minimum Gasteiger partial charge on any atom is -0.370 e. The molecular formula is C14H30N4. The molecule has 0 aliphatic rings. The van der Waals surface area contributed by atoms with Crippen molar-refractivity contribution >= 4 is 5.96 Å². The van der Waals surface area contributed by atoms with Crippen LogP contribution in [0.25, 0.3) is 0 Å². The average Bonchev–Trinajstić information content (AvgIpc) is 2.26. The van der Waals surface area contributed by atoms with E-state index in [4.69, 9.17) is 11.5 Å². The quantitative estimate of drug-likeness (QED) is 0.301. The zero-order valence-electron chi connectivity index (χ0n) is 12.6. The third kappa shape index (κ3) is 6.05. The second kappa shape index (κ2) is 8.14. The number of nitrogens with zero attached hydrogens (tertiary/aromatic N) is 2. The SMILES string of the molecule is C=C(C(C)C)[C@H](CCCN=C(N)N)N(C)C(C)C. The molecule has 0 radical (unpaired) electrons. The van der Waals surface area contributed by atoms with Crippen molar-refractivity contribution in [1.82, 2.24) is 4.90 Å². The number of hydrogen-bond donors (Lipinski definition) is 2. The third-order valence-corrected chi connectivity index (χ3v) is 3.41. The molecule has 0 aromatic rings. The number of guanidine groups is 1. The van der Waals surface area contributed by atoms with Gasteiger partial charge in [0.05, 0.1) is 0 Å². The second-order valence-electron chi connectivity index (χ2n) is 5.45. The molecule has 0 aromatic carbocycles. The molecule has 1 atom stereocenters. The summed E-state index contributed by atoms with van der Waals surface area (Å²) in [6, 6.07) is 0.910. The van der Waals surface area contributed by atoms with Gasteiger partial charge in [0.25, 0.3) is 0 Å². The molecule has 0 spiro atoms. The molecule has 4 nitrogen and oxygen atoms in total. The zero-order chi connectivity index (χ0) is 14.3. The molecule has 106 valence electrons. The number of nitrogens with two attached hydrogens (primary N) is 2. The standard InChI is InChI=1S/C14H30N4/c1-10(2)12(5)13(18(6)11(3)4)8-7-9-17-14(15)16/h10-11,13H,5,7-9H2,1-4,6H3,(H4,15,16,17)/t13-/m0/s1. The molecule has 0 saturated carbocycles. The van der Waals surface area contributed by atoms with Gasteiger partial charge >= 0.3 is 0 Å². The van der Waals surface area contributed by atoms with E-state index < -0.39 is 0 Å². The van der Waals surface area contributed by atoms with Crippen molar-refractivity contribution in [3.63, 3.8) is 0 Å². The van der Waals surface area contributed by atoms with Crippen molar-refractivity contribution in [2.24, 2.45) is 22.4 Å². The van der Waals surface area contributed by atoms with Crippen LogP contribution in [0.3, 0.4) is 0 Å². The van der Waals surface area contributed by atoms with Crippen LogP contribution in [0.15, 0.2) is 17.1 Å². The first-order valence-corrected chi connectivity index (χ1v) is 6.73. The van der Waals surface area contributed by atoms with E-state index in [1.807, 2.05) is 0 Å². The van der Waals surface area contributed by atoms with E-state index in [9.17, 15) is 0 Å². The molecule has 0 unspecified atom stereocenters. The van der Waals surface area contributed by atoms with Crippen LogP contribution in [0, 0.1) is 5.92 Å². The van der Waals surface area contributed by atoms with Gasteiger partial charge in [-0.25, -0.2) is 0 Å². The summed E-state index contributed by atoms with van der Waals surface area (Å²) in [6.45, 7) is 13.7. The topological polar surface area (TPSA) is 67.6 Å². The van der Waals surface area contributed by atoms with Crippen molar-refractivity contribution in [1.29, 1.82) is 0 Å². The van der Waals surface area contributed by atoms with Gasteiger partial charge in [0, 0.05) is 18.6 Å². The lowest BCUT2D eigenvalue weighted by molar-refractivity contribution is 0.201. The third-order valence-electron chi connectivity index (χ3n) is 3.41. The van der Waals surface area contributed by atoms with Crippen molar-refractivity contribution in [3.8, 4) is 0 Å². The fourth-order valence-electron chi connectivity index (χ4n) is 1.89. The Labute approximate surface area is 112 Å². The Kier molecular flexibility index (Phi) is 7.67. The van der Waals surface area contributed by atoms with Crippen LogP contribution >= 0.6 is 0 Å². The van der Waals surface area contributed by atoms with E-state index in [2.05, 4.69) is 51.2 Å². The van der Waals surface area contributed by atoms with E-state index in [1.165, 1.54) is 5.57 Å². The molecule has 0 fully saturated rings. The van der Waals surface area contributed by atoms with Gasteiger partial charge in [0.15, 0.2) is 5.96 Å². The van der Waals surface area contributed by atoms with Crippen LogP contribution in [0.2, 0.25) is 0 Å². The summed E-state index contributed by atoms with van der Waals surface area (Å²) in [5.74, 6) is 0.672. The molecular weight excluding hydrogens is 224 g/mol. The lowest BCUT2D eigenvalue weighted by Crippen LogP contribution is -2.39. The molecule has 0 amide bonds. The normalized spacial score (nSPS) is 13.1. The number of aliphatic imine (C=N–C) groups is 1. The Morgan fingerprint density at radius 3 is 2.17 bits per heavy atom. The number of rotatable bonds is 8. The molecule has 0 rings (SSSR count). The molecule has 0 saturated heterocycles. The highest BCUT2D eigenvalue weighted by Crippen LogP contribution is 2.22. The first-order valence-electron chi connectivity index (χ1n) is 6.73. The van der Waals surface area contributed by atoms with Crippen molar-refractivity contribution in [2.45, 2.75) is 52.6 Å². The first-order chi connectivity index (χ1) is 8.27. The van der Waals surface area contributed by atoms with Gasteiger partial charge in [0.2, 0.25) is 0 Å². The summed E-state index contributed by atoms with van der Waals surface area (Å²) in [7, 11) is 2.16. The van der Waals surface area contributed by atoms with Gasteiger partial charge in [-0.05, 0) is 39.7 Å². The minimum absolute atomic E-state index is 0.173. The summed E-state index contributed by atoms with van der Waals surface area (Å²) < 4.78 is 0. The fraction of sp³-hybridized carbons (Fsp3) is 0.786. The second-order valence-corrected chi connectivity index (χ2v) is 5.45. The number of hydrogen-bond acceptors (Lipinski definition) is 2. The van der Waals surface area contributed by atoms with E-state index in [1.54, 1.807) is 0 Å². The van der Waals surface area contributed by atoms with E-state index >= 15 is 0 Å². The summed E-state index contributed by atoms with van der Waals surface area (Å²) in [5, 5.41) is 0. The van der Waals surface area contributed by atoms with E-state index in [0.29, 0.717) is 24.5 Å². The highest BCUT2D eigenvalue weighted by molar-refractivity contribution is 5.75. The molecule has 18 heavy (non-hydrogen) atoms. The largest absolute Gasteiger partial charge is 0.370 e. The van der Waals surface area contributed by atoms with Crippen LogP contribution in [-0.4, -0.2) is 36.5 Å². The highest BCUT2D eigenvalue weighted by atomic mass is 15.1. The minimum atomic E-state index is 0.173.